The number of hydrogen-bond acceptors (Lipinski definition) is 4. The minimum Gasteiger partial charge on any atom is -0.488 e. The summed E-state index contributed by atoms with van der Waals surface area (Å²) in [6, 6.07) is 18.7. The number of ether oxygens (including phenoxy) is 1. The molecule has 0 aromatic heterocycles. The molecule has 2 amide bonds. The second-order valence-corrected chi connectivity index (χ2v) is 9.30. The van der Waals surface area contributed by atoms with Gasteiger partial charge in [0.05, 0.1) is 11.4 Å². The van der Waals surface area contributed by atoms with Gasteiger partial charge in [-0.15, -0.1) is 0 Å². The minimum atomic E-state index is -0.380. The standard InChI is InChI=1S/C24H16BrClFNO3S/c25-18-7-10-21(31-14-16-3-1-2-4-20(16)27)17(11-18)12-22-23(29)28(24(30)32-22)13-15-5-8-19(26)9-6-15/h1-12H,13-14H2/b22-12-. The molecule has 162 valence electrons. The summed E-state index contributed by atoms with van der Waals surface area (Å²) in [5, 5.41) is 0.236. The van der Waals surface area contributed by atoms with Gasteiger partial charge in [0.1, 0.15) is 18.2 Å². The van der Waals surface area contributed by atoms with E-state index in [4.69, 9.17) is 16.3 Å². The third kappa shape index (κ3) is 5.23. The molecule has 32 heavy (non-hydrogen) atoms. The Kier molecular flexibility index (Phi) is 6.98. The van der Waals surface area contributed by atoms with Crippen molar-refractivity contribution in [2.75, 3.05) is 0 Å². The van der Waals surface area contributed by atoms with Gasteiger partial charge in [-0.1, -0.05) is 57.9 Å². The van der Waals surface area contributed by atoms with Gasteiger partial charge in [0, 0.05) is 20.6 Å². The van der Waals surface area contributed by atoms with Crippen LogP contribution in [0.15, 0.2) is 76.1 Å². The Hall–Kier alpha value is -2.61. The molecule has 3 aromatic carbocycles. The Morgan fingerprint density at radius 3 is 2.56 bits per heavy atom. The van der Waals surface area contributed by atoms with Crippen LogP contribution >= 0.6 is 39.3 Å². The van der Waals surface area contributed by atoms with E-state index in [0.717, 1.165) is 21.8 Å². The summed E-state index contributed by atoms with van der Waals surface area (Å²) in [7, 11) is 0. The highest BCUT2D eigenvalue weighted by Crippen LogP contribution is 2.36. The molecular weight excluding hydrogens is 517 g/mol. The first-order chi connectivity index (χ1) is 15.4. The number of nitrogens with zero attached hydrogens (tertiary/aromatic N) is 1. The molecule has 1 fully saturated rings. The van der Waals surface area contributed by atoms with Gasteiger partial charge >= 0.3 is 0 Å². The summed E-state index contributed by atoms with van der Waals surface area (Å²) in [5.74, 6) is -0.259. The number of benzene rings is 3. The number of carbonyl (C=O) groups is 2. The van der Waals surface area contributed by atoms with Crippen molar-refractivity contribution in [1.82, 2.24) is 4.90 Å². The van der Waals surface area contributed by atoms with E-state index in [2.05, 4.69) is 15.9 Å². The summed E-state index contributed by atoms with van der Waals surface area (Å²) in [4.78, 5) is 26.9. The summed E-state index contributed by atoms with van der Waals surface area (Å²) < 4.78 is 20.5. The van der Waals surface area contributed by atoms with E-state index in [-0.39, 0.29) is 35.0 Å². The molecule has 0 N–H and O–H groups in total. The number of rotatable bonds is 6. The van der Waals surface area contributed by atoms with Crippen LogP contribution in [0.5, 0.6) is 5.75 Å². The molecule has 8 heteroatoms. The van der Waals surface area contributed by atoms with Crippen LogP contribution in [-0.2, 0) is 17.9 Å². The molecular formula is C24H16BrClFNO3S. The molecule has 0 aliphatic carbocycles. The highest BCUT2D eigenvalue weighted by molar-refractivity contribution is 9.10. The normalized spacial score (nSPS) is 15.0. The maximum Gasteiger partial charge on any atom is 0.293 e. The van der Waals surface area contributed by atoms with Crippen LogP contribution in [0.1, 0.15) is 16.7 Å². The van der Waals surface area contributed by atoms with E-state index in [1.807, 2.05) is 0 Å². The van der Waals surface area contributed by atoms with Gasteiger partial charge in [-0.3, -0.25) is 14.5 Å². The zero-order chi connectivity index (χ0) is 22.7. The molecule has 4 rings (SSSR count). The number of amides is 2. The second-order valence-electron chi connectivity index (χ2n) is 6.96. The molecule has 0 saturated carbocycles. The van der Waals surface area contributed by atoms with Crippen molar-refractivity contribution in [2.24, 2.45) is 0 Å². The van der Waals surface area contributed by atoms with E-state index >= 15 is 0 Å². The van der Waals surface area contributed by atoms with Crippen LogP contribution in [-0.4, -0.2) is 16.0 Å². The Morgan fingerprint density at radius 1 is 1.06 bits per heavy atom. The first-order valence-electron chi connectivity index (χ1n) is 9.56. The lowest BCUT2D eigenvalue weighted by molar-refractivity contribution is -0.123. The highest BCUT2D eigenvalue weighted by Gasteiger charge is 2.35. The molecule has 1 heterocycles. The summed E-state index contributed by atoms with van der Waals surface area (Å²) in [6.45, 7) is 0.196. The summed E-state index contributed by atoms with van der Waals surface area (Å²) in [6.07, 6.45) is 1.62. The maximum absolute atomic E-state index is 13.9. The first kappa shape index (κ1) is 22.6. The molecule has 0 unspecified atom stereocenters. The van der Waals surface area contributed by atoms with Crippen molar-refractivity contribution in [3.8, 4) is 5.75 Å². The fraction of sp³-hybridized carbons (Fsp3) is 0.0833. The highest BCUT2D eigenvalue weighted by atomic mass is 79.9. The number of hydrogen-bond donors (Lipinski definition) is 0. The molecule has 1 saturated heterocycles. The fourth-order valence-corrected chi connectivity index (χ4v) is 4.42. The topological polar surface area (TPSA) is 46.6 Å². The van der Waals surface area contributed by atoms with Crippen molar-refractivity contribution < 1.29 is 18.7 Å². The zero-order valence-corrected chi connectivity index (χ0v) is 19.7. The lowest BCUT2D eigenvalue weighted by atomic mass is 10.1. The number of thioether (sulfide) groups is 1. The van der Waals surface area contributed by atoms with Crippen molar-refractivity contribution in [3.63, 3.8) is 0 Å². The molecule has 0 atom stereocenters. The zero-order valence-electron chi connectivity index (χ0n) is 16.6. The average molecular weight is 533 g/mol. The lowest BCUT2D eigenvalue weighted by Crippen LogP contribution is -2.27. The van der Waals surface area contributed by atoms with Gasteiger partial charge in [-0.2, -0.15) is 0 Å². The largest absolute Gasteiger partial charge is 0.488 e. The quantitative estimate of drug-likeness (QED) is 0.319. The van der Waals surface area contributed by atoms with Crippen LogP contribution in [0.3, 0.4) is 0 Å². The molecule has 0 spiro atoms. The third-order valence-corrected chi connectivity index (χ3v) is 6.38. The summed E-state index contributed by atoms with van der Waals surface area (Å²) in [5.41, 5.74) is 1.83. The molecule has 4 nitrogen and oxygen atoms in total. The van der Waals surface area contributed by atoms with Crippen molar-refractivity contribution in [1.29, 1.82) is 0 Å². The second kappa shape index (κ2) is 9.90. The molecule has 3 aromatic rings. The van der Waals surface area contributed by atoms with E-state index in [0.29, 0.717) is 21.9 Å². The Balaban J connectivity index is 1.55. The number of imide groups is 1. The molecule has 0 bridgehead atoms. The Morgan fingerprint density at radius 2 is 1.81 bits per heavy atom. The van der Waals surface area contributed by atoms with Gasteiger partial charge in [0.15, 0.2) is 0 Å². The predicted molar refractivity (Wildman–Crippen MR) is 128 cm³/mol. The van der Waals surface area contributed by atoms with Crippen molar-refractivity contribution in [3.05, 3.63) is 104 Å². The van der Waals surface area contributed by atoms with Crippen molar-refractivity contribution >= 4 is 56.5 Å². The fourth-order valence-electron chi connectivity index (χ4n) is 3.08. The number of carbonyl (C=O) groups excluding carboxylic acids is 2. The Bertz CT molecular complexity index is 1220. The molecule has 0 radical (unpaired) electrons. The Labute approximate surface area is 202 Å². The van der Waals surface area contributed by atoms with Gasteiger partial charge in [-0.25, -0.2) is 4.39 Å². The van der Waals surface area contributed by atoms with E-state index in [1.54, 1.807) is 66.7 Å². The van der Waals surface area contributed by atoms with E-state index < -0.39 is 0 Å². The van der Waals surface area contributed by atoms with Crippen LogP contribution in [0, 0.1) is 5.82 Å². The van der Waals surface area contributed by atoms with Crippen LogP contribution < -0.4 is 4.74 Å². The van der Waals surface area contributed by atoms with Crippen LogP contribution in [0.2, 0.25) is 5.02 Å². The molecule has 1 aliphatic heterocycles. The van der Waals surface area contributed by atoms with Gasteiger partial charge < -0.3 is 4.74 Å². The SMILES string of the molecule is O=C1S/C(=C\c2cc(Br)ccc2OCc2ccccc2F)C(=O)N1Cc1ccc(Cl)cc1. The number of halogens is 3. The van der Waals surface area contributed by atoms with Crippen LogP contribution in [0.4, 0.5) is 9.18 Å². The van der Waals surface area contributed by atoms with Crippen LogP contribution in [0.25, 0.3) is 6.08 Å². The third-order valence-electron chi connectivity index (χ3n) is 4.73. The lowest BCUT2D eigenvalue weighted by Gasteiger charge is -2.13. The van der Waals surface area contributed by atoms with Gasteiger partial charge in [0.25, 0.3) is 11.1 Å². The minimum absolute atomic E-state index is 0.0349. The first-order valence-corrected chi connectivity index (χ1v) is 11.5. The smallest absolute Gasteiger partial charge is 0.293 e. The average Bonchev–Trinajstić information content (AvgIpc) is 3.03. The van der Waals surface area contributed by atoms with E-state index in [1.165, 1.54) is 11.0 Å². The predicted octanol–water partition coefficient (Wildman–Crippen LogP) is 7.06. The van der Waals surface area contributed by atoms with Gasteiger partial charge in [0.2, 0.25) is 0 Å². The maximum atomic E-state index is 13.9. The monoisotopic (exact) mass is 531 g/mol. The summed E-state index contributed by atoms with van der Waals surface area (Å²) >= 11 is 10.2. The van der Waals surface area contributed by atoms with Crippen molar-refractivity contribution in [2.45, 2.75) is 13.2 Å². The van der Waals surface area contributed by atoms with Gasteiger partial charge in [-0.05, 0) is 59.8 Å². The molecule has 1 aliphatic rings. The van der Waals surface area contributed by atoms with E-state index in [9.17, 15) is 14.0 Å².